The van der Waals surface area contributed by atoms with Crippen molar-refractivity contribution >= 4 is 94.5 Å². The summed E-state index contributed by atoms with van der Waals surface area (Å²) in [4.78, 5) is 4.74. The highest BCUT2D eigenvalue weighted by molar-refractivity contribution is 6.25. The molecule has 58 heavy (non-hydrogen) atoms. The summed E-state index contributed by atoms with van der Waals surface area (Å²) in [6.45, 7) is 8.43. The Hall–Kier alpha value is -7.30. The fourth-order valence-electron chi connectivity index (χ4n) is 8.70. The number of nitrogens with zero attached hydrogens (tertiary/aromatic N) is 2. The van der Waals surface area contributed by atoms with Crippen LogP contribution in [0.2, 0.25) is 0 Å². The van der Waals surface area contributed by atoms with Gasteiger partial charge in [-0.2, -0.15) is 0 Å². The second kappa shape index (κ2) is 14.3. The van der Waals surface area contributed by atoms with E-state index in [1.54, 1.807) is 0 Å². The minimum Gasteiger partial charge on any atom is -0.455 e. The van der Waals surface area contributed by atoms with Crippen molar-refractivity contribution in [2.45, 2.75) is 27.7 Å². The molecule has 0 atom stereocenters. The zero-order valence-electron chi connectivity index (χ0n) is 33.0. The van der Waals surface area contributed by atoms with E-state index in [0.29, 0.717) is 0 Å². The molecule has 0 amide bonds. The average Bonchev–Trinajstić information content (AvgIpc) is 3.79. The topological polar surface area (TPSA) is 32.8 Å². The second-order valence-electron chi connectivity index (χ2n) is 14.8. The van der Waals surface area contributed by atoms with Crippen LogP contribution in [0.1, 0.15) is 36.5 Å². The number of allylic oxidation sites excluding steroid dienone is 2. The summed E-state index contributed by atoms with van der Waals surface area (Å²) in [5.74, 6) is 1.74. The Labute approximate surface area is 338 Å². The Kier molecular flexibility index (Phi) is 8.68. The van der Waals surface area contributed by atoms with Crippen molar-refractivity contribution < 1.29 is 8.83 Å². The highest BCUT2D eigenvalue weighted by Gasteiger charge is 2.27. The van der Waals surface area contributed by atoms with Crippen LogP contribution in [-0.4, -0.2) is 0 Å². The predicted molar refractivity (Wildman–Crippen MR) is 246 cm³/mol. The maximum Gasteiger partial charge on any atom is 0.159 e. The number of hydrogen-bond donors (Lipinski definition) is 0. The molecular weight excluding hydrogens is 709 g/mol. The lowest BCUT2D eigenvalue weighted by molar-refractivity contribution is 0.538. The molecule has 4 nitrogen and oxygen atoms in total. The van der Waals surface area contributed by atoms with Gasteiger partial charge >= 0.3 is 0 Å². The van der Waals surface area contributed by atoms with Crippen molar-refractivity contribution in [3.63, 3.8) is 0 Å². The first-order valence-electron chi connectivity index (χ1n) is 19.9. The van der Waals surface area contributed by atoms with Gasteiger partial charge in [-0.15, -0.1) is 0 Å². The molecule has 2 aromatic heterocycles. The molecule has 0 saturated carbocycles. The number of fused-ring (bicyclic) bond motifs is 8. The average molecular weight is 751 g/mol. The van der Waals surface area contributed by atoms with Gasteiger partial charge in [0.2, 0.25) is 0 Å². The fourth-order valence-corrected chi connectivity index (χ4v) is 8.70. The Bertz CT molecular complexity index is 3220. The number of para-hydroxylation sites is 4. The Morgan fingerprint density at radius 2 is 1.02 bits per heavy atom. The summed E-state index contributed by atoms with van der Waals surface area (Å²) in [6.07, 6.45) is 6.26. The molecule has 0 unspecified atom stereocenters. The molecule has 280 valence electrons. The first-order valence-corrected chi connectivity index (χ1v) is 19.9. The van der Waals surface area contributed by atoms with Gasteiger partial charge in [0.15, 0.2) is 11.3 Å². The van der Waals surface area contributed by atoms with Crippen LogP contribution in [0.5, 0.6) is 0 Å². The first-order chi connectivity index (χ1) is 28.6. The standard InChI is InChI=1S/C54H42N2O2/c1-5-20-51-35(3)36(4)53(57-51)47(6-2)55(37-21-9-7-10-22-37)49-33-45-40-26-14-16-28-42(40)50(34-46(45)39-25-13-15-27-41(39)49)56(38-23-11-8-12-24-38)48-31-19-30-44-43-29-17-18-32-52(43)58-54(44)48/h5-34H,1-4H3/b20-5-,47-6+. The lowest BCUT2D eigenvalue weighted by Crippen LogP contribution is -2.16. The van der Waals surface area contributed by atoms with Crippen LogP contribution >= 0.6 is 0 Å². The van der Waals surface area contributed by atoms with Gasteiger partial charge in [-0.3, -0.25) is 0 Å². The third kappa shape index (κ3) is 5.60. The third-order valence-electron chi connectivity index (χ3n) is 11.5. The number of rotatable bonds is 8. The van der Waals surface area contributed by atoms with Gasteiger partial charge < -0.3 is 18.6 Å². The monoisotopic (exact) mass is 750 g/mol. The summed E-state index contributed by atoms with van der Waals surface area (Å²) >= 11 is 0. The lowest BCUT2D eigenvalue weighted by atomic mass is 9.93. The maximum atomic E-state index is 6.70. The molecule has 2 heterocycles. The van der Waals surface area contributed by atoms with Gasteiger partial charge in [0, 0.05) is 38.5 Å². The van der Waals surface area contributed by atoms with E-state index in [0.717, 1.165) is 100 Å². The van der Waals surface area contributed by atoms with Crippen LogP contribution in [0.4, 0.5) is 28.4 Å². The highest BCUT2D eigenvalue weighted by atomic mass is 16.3. The smallest absolute Gasteiger partial charge is 0.159 e. The molecule has 10 aromatic rings. The largest absolute Gasteiger partial charge is 0.455 e. The van der Waals surface area contributed by atoms with Gasteiger partial charge in [-0.05, 0) is 109 Å². The van der Waals surface area contributed by atoms with Crippen molar-refractivity contribution in [2.24, 2.45) is 0 Å². The van der Waals surface area contributed by atoms with E-state index in [4.69, 9.17) is 8.83 Å². The summed E-state index contributed by atoms with van der Waals surface area (Å²) in [5.41, 5.74) is 10.2. The Morgan fingerprint density at radius 3 is 1.67 bits per heavy atom. The van der Waals surface area contributed by atoms with E-state index in [-0.39, 0.29) is 0 Å². The molecule has 0 N–H and O–H groups in total. The molecule has 0 spiro atoms. The van der Waals surface area contributed by atoms with Crippen molar-refractivity contribution in [2.75, 3.05) is 9.80 Å². The Balaban J connectivity index is 1.28. The fraction of sp³-hybridized carbons (Fsp3) is 0.0741. The number of benzene rings is 8. The SMILES string of the molecule is C/C=C\c1oc(/C(=C\C)N(c2ccccc2)c2cc3c4ccccc4c(N(c4ccccc4)c4cccc5c4oc4ccccc45)cc3c3ccccc23)c(C)c1C. The van der Waals surface area contributed by atoms with Crippen LogP contribution in [0, 0.1) is 13.8 Å². The van der Waals surface area contributed by atoms with Gasteiger partial charge in [-0.1, -0.05) is 127 Å². The number of anilines is 5. The van der Waals surface area contributed by atoms with E-state index in [1.165, 1.54) is 10.8 Å². The zero-order valence-corrected chi connectivity index (χ0v) is 33.0. The molecule has 0 aliphatic rings. The summed E-state index contributed by atoms with van der Waals surface area (Å²) in [7, 11) is 0. The number of furan rings is 2. The van der Waals surface area contributed by atoms with Gasteiger partial charge in [0.05, 0.1) is 22.8 Å². The third-order valence-corrected chi connectivity index (χ3v) is 11.5. The summed E-state index contributed by atoms with van der Waals surface area (Å²) in [6, 6.07) is 58.4. The number of hydrogen-bond acceptors (Lipinski definition) is 4. The first kappa shape index (κ1) is 35.1. The van der Waals surface area contributed by atoms with Gasteiger partial charge in [0.25, 0.3) is 0 Å². The molecule has 0 aliphatic carbocycles. The summed E-state index contributed by atoms with van der Waals surface area (Å²) < 4.78 is 13.4. The molecular formula is C54H42N2O2. The minimum atomic E-state index is 0.857. The van der Waals surface area contributed by atoms with Crippen molar-refractivity contribution in [3.05, 3.63) is 199 Å². The second-order valence-corrected chi connectivity index (χ2v) is 14.8. The Morgan fingerprint density at radius 1 is 0.466 bits per heavy atom. The van der Waals surface area contributed by atoms with Crippen molar-refractivity contribution in [3.8, 4) is 0 Å². The van der Waals surface area contributed by atoms with E-state index >= 15 is 0 Å². The van der Waals surface area contributed by atoms with Gasteiger partial charge in [0.1, 0.15) is 11.3 Å². The van der Waals surface area contributed by atoms with Crippen LogP contribution in [0.15, 0.2) is 185 Å². The molecule has 10 rings (SSSR count). The maximum absolute atomic E-state index is 6.70. The molecule has 0 aliphatic heterocycles. The van der Waals surface area contributed by atoms with Crippen LogP contribution in [0.3, 0.4) is 0 Å². The molecule has 0 fully saturated rings. The minimum absolute atomic E-state index is 0.857. The van der Waals surface area contributed by atoms with E-state index in [1.807, 2.05) is 19.1 Å². The van der Waals surface area contributed by atoms with E-state index in [2.05, 4.69) is 200 Å². The van der Waals surface area contributed by atoms with Crippen LogP contribution in [0.25, 0.3) is 66.0 Å². The van der Waals surface area contributed by atoms with E-state index in [9.17, 15) is 0 Å². The molecule has 0 bridgehead atoms. The van der Waals surface area contributed by atoms with E-state index < -0.39 is 0 Å². The lowest BCUT2D eigenvalue weighted by Gasteiger charge is -2.30. The quantitative estimate of drug-likeness (QED) is 0.145. The highest BCUT2D eigenvalue weighted by Crippen LogP contribution is 2.49. The normalized spacial score (nSPS) is 12.2. The molecule has 4 heteroatoms. The zero-order chi connectivity index (χ0) is 39.3. The molecule has 0 saturated heterocycles. The van der Waals surface area contributed by atoms with Crippen LogP contribution < -0.4 is 9.80 Å². The van der Waals surface area contributed by atoms with Gasteiger partial charge in [-0.25, -0.2) is 0 Å². The van der Waals surface area contributed by atoms with Crippen molar-refractivity contribution in [1.29, 1.82) is 0 Å². The van der Waals surface area contributed by atoms with Crippen LogP contribution in [-0.2, 0) is 0 Å². The molecule has 0 radical (unpaired) electrons. The predicted octanol–water partition coefficient (Wildman–Crippen LogP) is 16.0. The summed E-state index contributed by atoms with van der Waals surface area (Å²) in [5, 5.41) is 9.14. The van der Waals surface area contributed by atoms with Crippen molar-refractivity contribution in [1.82, 2.24) is 0 Å². The molecule has 8 aromatic carbocycles.